The van der Waals surface area contributed by atoms with Crippen LogP contribution in [0.3, 0.4) is 0 Å². The van der Waals surface area contributed by atoms with Gasteiger partial charge in [-0.05, 0) is 57.6 Å². The molecule has 1 fully saturated rings. The quantitative estimate of drug-likeness (QED) is 0.362. The molecule has 1 heterocycles. The molecule has 0 spiro atoms. The van der Waals surface area contributed by atoms with Gasteiger partial charge >= 0.3 is 0 Å². The molecule has 4 aromatic rings. The van der Waals surface area contributed by atoms with Crippen LogP contribution in [-0.4, -0.2) is 13.2 Å². The van der Waals surface area contributed by atoms with E-state index in [-0.39, 0.29) is 11.7 Å². The summed E-state index contributed by atoms with van der Waals surface area (Å²) in [4.78, 5) is 0. The van der Waals surface area contributed by atoms with Crippen LogP contribution in [0.2, 0.25) is 0 Å². The van der Waals surface area contributed by atoms with E-state index in [2.05, 4.69) is 110 Å². The molecule has 0 atom stereocenters. The fourth-order valence-corrected chi connectivity index (χ4v) is 5.08. The van der Waals surface area contributed by atoms with Crippen molar-refractivity contribution in [2.45, 2.75) is 25.6 Å². The molecule has 1 N–H and O–H groups in total. The van der Waals surface area contributed by atoms with Gasteiger partial charge in [0.1, 0.15) is 0 Å². The highest BCUT2D eigenvalue weighted by Crippen LogP contribution is 2.49. The molecule has 0 aromatic heterocycles. The van der Waals surface area contributed by atoms with E-state index in [4.69, 9.17) is 9.47 Å². The number of ether oxygens (including phenoxy) is 2. The van der Waals surface area contributed by atoms with E-state index in [0.29, 0.717) is 13.2 Å². The second kappa shape index (κ2) is 7.87. The van der Waals surface area contributed by atoms with Crippen LogP contribution < -0.4 is 5.32 Å². The van der Waals surface area contributed by atoms with Crippen molar-refractivity contribution in [1.29, 1.82) is 0 Å². The average molecular weight is 434 g/mol. The maximum Gasteiger partial charge on any atom is 0.184 e. The highest BCUT2D eigenvalue weighted by atomic mass is 16.7. The molecule has 4 aromatic carbocycles. The van der Waals surface area contributed by atoms with E-state index in [1.165, 1.54) is 33.4 Å². The first-order valence-electron chi connectivity index (χ1n) is 11.5. The van der Waals surface area contributed by atoms with Gasteiger partial charge in [-0.15, -0.1) is 0 Å². The third-order valence-electron chi connectivity index (χ3n) is 6.90. The maximum atomic E-state index is 5.59. The Morgan fingerprint density at radius 2 is 1.27 bits per heavy atom. The lowest BCUT2D eigenvalue weighted by atomic mass is 9.82. The van der Waals surface area contributed by atoms with Gasteiger partial charge in [-0.2, -0.15) is 0 Å². The van der Waals surface area contributed by atoms with Crippen LogP contribution in [0.1, 0.15) is 36.8 Å². The van der Waals surface area contributed by atoms with E-state index in [0.717, 1.165) is 16.9 Å². The van der Waals surface area contributed by atoms with Crippen molar-refractivity contribution >= 4 is 11.4 Å². The predicted octanol–water partition coefficient (Wildman–Crippen LogP) is 7.45. The van der Waals surface area contributed by atoms with Crippen LogP contribution >= 0.6 is 0 Å². The Hall–Kier alpha value is -3.40. The minimum atomic E-state index is -0.226. The van der Waals surface area contributed by atoms with Crippen molar-refractivity contribution in [3.05, 3.63) is 108 Å². The Balaban J connectivity index is 1.21. The fraction of sp³-hybridized carbons (Fsp3) is 0.200. The molecular formula is C30H27NO2. The molecule has 2 aliphatic rings. The van der Waals surface area contributed by atoms with Crippen molar-refractivity contribution in [3.63, 3.8) is 0 Å². The highest BCUT2D eigenvalue weighted by molar-refractivity contribution is 5.83. The molecule has 164 valence electrons. The van der Waals surface area contributed by atoms with Crippen molar-refractivity contribution in [2.75, 3.05) is 18.5 Å². The van der Waals surface area contributed by atoms with Crippen LogP contribution in [-0.2, 0) is 14.9 Å². The van der Waals surface area contributed by atoms with Crippen LogP contribution in [0, 0.1) is 0 Å². The van der Waals surface area contributed by atoms with Gasteiger partial charge in [0.2, 0.25) is 0 Å². The second-order valence-electron chi connectivity index (χ2n) is 9.33. The molecule has 6 rings (SSSR count). The standard InChI is InChI=1S/C30H27NO2/c1-30(2)27-6-4-3-5-25(27)26-16-15-24(19-28(26)30)31-23-13-11-21(12-14-23)20-7-9-22(10-8-20)29-32-17-18-33-29/h3-16,19,29,31H,17-18H2,1-2H3. The number of rotatable bonds is 4. The maximum absolute atomic E-state index is 5.59. The lowest BCUT2D eigenvalue weighted by molar-refractivity contribution is -0.0441. The number of hydrogen-bond donors (Lipinski definition) is 1. The molecule has 0 radical (unpaired) electrons. The van der Waals surface area contributed by atoms with E-state index in [9.17, 15) is 0 Å². The second-order valence-corrected chi connectivity index (χ2v) is 9.33. The first kappa shape index (κ1) is 20.2. The third-order valence-corrected chi connectivity index (χ3v) is 6.90. The van der Waals surface area contributed by atoms with Crippen molar-refractivity contribution in [1.82, 2.24) is 0 Å². The summed E-state index contributed by atoms with van der Waals surface area (Å²) in [6.07, 6.45) is -0.226. The molecule has 1 saturated heterocycles. The summed E-state index contributed by atoms with van der Waals surface area (Å²) in [6, 6.07) is 32.5. The number of fused-ring (bicyclic) bond motifs is 3. The smallest absolute Gasteiger partial charge is 0.184 e. The first-order chi connectivity index (χ1) is 16.1. The normalized spacial score (nSPS) is 16.4. The summed E-state index contributed by atoms with van der Waals surface area (Å²) < 4.78 is 11.2. The lowest BCUT2D eigenvalue weighted by Gasteiger charge is -2.22. The number of benzene rings is 4. The minimum Gasteiger partial charge on any atom is -0.356 e. The molecule has 0 saturated carbocycles. The van der Waals surface area contributed by atoms with Gasteiger partial charge in [-0.3, -0.25) is 0 Å². The van der Waals surface area contributed by atoms with Gasteiger partial charge in [0.25, 0.3) is 0 Å². The topological polar surface area (TPSA) is 30.5 Å². The van der Waals surface area contributed by atoms with E-state index >= 15 is 0 Å². The van der Waals surface area contributed by atoms with Crippen molar-refractivity contribution < 1.29 is 9.47 Å². The zero-order chi connectivity index (χ0) is 22.4. The average Bonchev–Trinajstić information content (AvgIpc) is 3.46. The number of nitrogens with one attached hydrogen (secondary N) is 1. The summed E-state index contributed by atoms with van der Waals surface area (Å²) in [5.41, 5.74) is 11.1. The van der Waals surface area contributed by atoms with Gasteiger partial charge in [0.15, 0.2) is 6.29 Å². The van der Waals surface area contributed by atoms with E-state index in [1.54, 1.807) is 0 Å². The minimum absolute atomic E-state index is 0.00815. The number of anilines is 2. The van der Waals surface area contributed by atoms with Crippen LogP contribution in [0.15, 0.2) is 91.0 Å². The molecule has 1 aliphatic heterocycles. The molecule has 3 heteroatoms. The lowest BCUT2D eigenvalue weighted by Crippen LogP contribution is -2.15. The summed E-state index contributed by atoms with van der Waals surface area (Å²) in [6.45, 7) is 5.95. The zero-order valence-electron chi connectivity index (χ0n) is 19.0. The SMILES string of the molecule is CC1(C)c2ccccc2-c2ccc(Nc3ccc(-c4ccc(C5OCCO5)cc4)cc3)cc21. The van der Waals surface area contributed by atoms with Gasteiger partial charge < -0.3 is 14.8 Å². The van der Waals surface area contributed by atoms with Crippen LogP contribution in [0.4, 0.5) is 11.4 Å². The monoisotopic (exact) mass is 433 g/mol. The van der Waals surface area contributed by atoms with E-state index < -0.39 is 0 Å². The summed E-state index contributed by atoms with van der Waals surface area (Å²) in [5, 5.41) is 3.59. The molecule has 0 unspecified atom stereocenters. The van der Waals surface area contributed by atoms with Gasteiger partial charge in [0, 0.05) is 22.4 Å². The fourth-order valence-electron chi connectivity index (χ4n) is 5.08. The van der Waals surface area contributed by atoms with E-state index in [1.807, 2.05) is 0 Å². The Labute approximate surface area is 195 Å². The third kappa shape index (κ3) is 3.54. The van der Waals surface area contributed by atoms with Crippen molar-refractivity contribution in [3.8, 4) is 22.3 Å². The summed E-state index contributed by atoms with van der Waals surface area (Å²) >= 11 is 0. The van der Waals surface area contributed by atoms with Crippen LogP contribution in [0.25, 0.3) is 22.3 Å². The summed E-state index contributed by atoms with van der Waals surface area (Å²) in [7, 11) is 0. The molecule has 33 heavy (non-hydrogen) atoms. The Morgan fingerprint density at radius 3 is 2.00 bits per heavy atom. The Morgan fingerprint density at radius 1 is 0.667 bits per heavy atom. The van der Waals surface area contributed by atoms with Gasteiger partial charge in [-0.25, -0.2) is 0 Å². The summed E-state index contributed by atoms with van der Waals surface area (Å²) in [5.74, 6) is 0. The molecule has 0 amide bonds. The largest absolute Gasteiger partial charge is 0.356 e. The number of hydrogen-bond acceptors (Lipinski definition) is 3. The zero-order valence-corrected chi connectivity index (χ0v) is 19.0. The molecule has 0 bridgehead atoms. The molecule has 3 nitrogen and oxygen atoms in total. The molecular weight excluding hydrogens is 406 g/mol. The Kier molecular flexibility index (Phi) is 4.83. The highest BCUT2D eigenvalue weighted by Gasteiger charge is 2.35. The van der Waals surface area contributed by atoms with Gasteiger partial charge in [0.05, 0.1) is 13.2 Å². The van der Waals surface area contributed by atoms with Gasteiger partial charge in [-0.1, -0.05) is 80.6 Å². The predicted molar refractivity (Wildman–Crippen MR) is 134 cm³/mol. The van der Waals surface area contributed by atoms with Crippen molar-refractivity contribution in [2.24, 2.45) is 0 Å². The van der Waals surface area contributed by atoms with Crippen LogP contribution in [0.5, 0.6) is 0 Å². The Bertz CT molecular complexity index is 1300. The first-order valence-corrected chi connectivity index (χ1v) is 11.5. The molecule has 1 aliphatic carbocycles.